The molecule has 2 heterocycles. The van der Waals surface area contributed by atoms with Gasteiger partial charge in [0.05, 0.1) is 11.0 Å². The van der Waals surface area contributed by atoms with Crippen molar-refractivity contribution in [3.05, 3.63) is 41.5 Å². The minimum atomic E-state index is 0.531. The molecule has 5 heteroatoms. The summed E-state index contributed by atoms with van der Waals surface area (Å²) in [5.41, 5.74) is 11.4. The summed E-state index contributed by atoms with van der Waals surface area (Å²) in [5.74, 6) is 1.34. The molecule has 1 aromatic carbocycles. The number of imidazole rings is 1. The van der Waals surface area contributed by atoms with E-state index in [1.807, 2.05) is 11.5 Å². The van der Waals surface area contributed by atoms with Gasteiger partial charge in [0.2, 0.25) is 0 Å². The van der Waals surface area contributed by atoms with Gasteiger partial charge in [0.25, 0.3) is 0 Å². The number of aryl methyl sites for hydroxylation is 2. The van der Waals surface area contributed by atoms with Crippen molar-refractivity contribution in [2.24, 2.45) is 0 Å². The van der Waals surface area contributed by atoms with Crippen molar-refractivity contribution in [3.63, 3.8) is 0 Å². The molecule has 0 atom stereocenters. The number of aromatic nitrogens is 4. The van der Waals surface area contributed by atoms with Crippen LogP contribution in [0.5, 0.6) is 0 Å². The van der Waals surface area contributed by atoms with Gasteiger partial charge in [0.1, 0.15) is 24.3 Å². The van der Waals surface area contributed by atoms with E-state index in [4.69, 9.17) is 5.73 Å². The highest BCUT2D eigenvalue weighted by Gasteiger charge is 2.13. The number of nitrogens with two attached hydrogens (primary N) is 1. The van der Waals surface area contributed by atoms with Crippen molar-refractivity contribution in [2.45, 2.75) is 27.2 Å². The lowest BCUT2D eigenvalue weighted by atomic mass is 10.1. The zero-order valence-corrected chi connectivity index (χ0v) is 11.9. The number of benzene rings is 1. The van der Waals surface area contributed by atoms with Crippen molar-refractivity contribution >= 4 is 16.9 Å². The third kappa shape index (κ3) is 1.82. The lowest BCUT2D eigenvalue weighted by Gasteiger charge is -2.10. The third-order valence-electron chi connectivity index (χ3n) is 3.70. The van der Waals surface area contributed by atoms with Crippen LogP contribution in [0.4, 0.5) is 5.82 Å². The van der Waals surface area contributed by atoms with Crippen molar-refractivity contribution in [1.82, 2.24) is 19.5 Å². The maximum atomic E-state index is 5.95. The summed E-state index contributed by atoms with van der Waals surface area (Å²) in [5, 5.41) is 0. The van der Waals surface area contributed by atoms with Crippen LogP contribution >= 0.6 is 0 Å². The van der Waals surface area contributed by atoms with Gasteiger partial charge in [-0.15, -0.1) is 0 Å². The van der Waals surface area contributed by atoms with Gasteiger partial charge in [-0.25, -0.2) is 15.0 Å². The average molecular weight is 267 g/mol. The second-order valence-corrected chi connectivity index (χ2v) is 4.95. The Morgan fingerprint density at radius 2 is 1.85 bits per heavy atom. The zero-order valence-electron chi connectivity index (χ0n) is 11.9. The Balaban J connectivity index is 2.30. The molecular formula is C15H17N5. The highest BCUT2D eigenvalue weighted by molar-refractivity contribution is 5.79. The Labute approximate surface area is 117 Å². The Morgan fingerprint density at radius 3 is 2.60 bits per heavy atom. The van der Waals surface area contributed by atoms with Crippen LogP contribution in [0.25, 0.3) is 16.9 Å². The Kier molecular flexibility index (Phi) is 2.89. The number of hydrogen-bond acceptors (Lipinski definition) is 4. The van der Waals surface area contributed by atoms with Crippen LogP contribution < -0.4 is 5.73 Å². The first-order valence-corrected chi connectivity index (χ1v) is 6.65. The molecule has 2 N–H and O–H groups in total. The lowest BCUT2D eigenvalue weighted by Crippen LogP contribution is -2.06. The Hall–Kier alpha value is -2.43. The molecule has 2 aromatic heterocycles. The van der Waals surface area contributed by atoms with E-state index in [9.17, 15) is 0 Å². The van der Waals surface area contributed by atoms with E-state index in [0.717, 1.165) is 28.8 Å². The topological polar surface area (TPSA) is 69.6 Å². The smallest absolute Gasteiger partial charge is 0.147 e. The van der Waals surface area contributed by atoms with Crippen LogP contribution in [0, 0.1) is 13.8 Å². The molecule has 5 nitrogen and oxygen atoms in total. The fraction of sp³-hybridized carbons (Fsp3) is 0.267. The predicted molar refractivity (Wildman–Crippen MR) is 79.9 cm³/mol. The molecule has 0 bridgehead atoms. The summed E-state index contributed by atoms with van der Waals surface area (Å²) >= 11 is 0. The van der Waals surface area contributed by atoms with Gasteiger partial charge in [0, 0.05) is 5.56 Å². The molecule has 0 aliphatic carbocycles. The molecule has 20 heavy (non-hydrogen) atoms. The molecule has 0 amide bonds. The number of nitrogen functional groups attached to an aromatic ring is 1. The van der Waals surface area contributed by atoms with Gasteiger partial charge in [-0.05, 0) is 43.5 Å². The van der Waals surface area contributed by atoms with E-state index < -0.39 is 0 Å². The fourth-order valence-electron chi connectivity index (χ4n) is 2.40. The van der Waals surface area contributed by atoms with Gasteiger partial charge in [-0.1, -0.05) is 6.92 Å². The molecular weight excluding hydrogens is 250 g/mol. The minimum Gasteiger partial charge on any atom is -0.383 e. The second-order valence-electron chi connectivity index (χ2n) is 4.95. The van der Waals surface area contributed by atoms with Gasteiger partial charge < -0.3 is 5.73 Å². The predicted octanol–water partition coefficient (Wildman–Crippen LogP) is 2.58. The summed E-state index contributed by atoms with van der Waals surface area (Å²) in [7, 11) is 0. The van der Waals surface area contributed by atoms with Crippen molar-refractivity contribution < 1.29 is 0 Å². The number of anilines is 1. The molecule has 0 spiro atoms. The average Bonchev–Trinajstić information content (AvgIpc) is 2.81. The normalized spacial score (nSPS) is 11.2. The highest BCUT2D eigenvalue weighted by atomic mass is 15.1. The van der Waals surface area contributed by atoms with Crippen LogP contribution in [0.15, 0.2) is 24.8 Å². The van der Waals surface area contributed by atoms with Crippen molar-refractivity contribution in [2.75, 3.05) is 5.73 Å². The van der Waals surface area contributed by atoms with Crippen LogP contribution in [-0.4, -0.2) is 19.5 Å². The number of fused-ring (bicyclic) bond motifs is 1. The van der Waals surface area contributed by atoms with Crippen LogP contribution in [0.3, 0.4) is 0 Å². The molecule has 3 aromatic rings. The second kappa shape index (κ2) is 4.59. The quantitative estimate of drug-likeness (QED) is 0.774. The monoisotopic (exact) mass is 267 g/mol. The standard InChI is InChI=1S/C15H17N5/c1-4-11-14(16)17-7-18-15(11)20-8-19-12-5-9(2)10(3)6-13(12)20/h5-8H,4H2,1-3H3,(H2,16,17,18). The Bertz CT molecular complexity index is 788. The summed E-state index contributed by atoms with van der Waals surface area (Å²) in [6.07, 6.45) is 4.08. The van der Waals surface area contributed by atoms with Crippen molar-refractivity contribution in [1.29, 1.82) is 0 Å². The summed E-state index contributed by atoms with van der Waals surface area (Å²) in [4.78, 5) is 12.9. The van der Waals surface area contributed by atoms with E-state index in [1.54, 1.807) is 6.33 Å². The van der Waals surface area contributed by atoms with E-state index >= 15 is 0 Å². The molecule has 0 aliphatic rings. The first-order chi connectivity index (χ1) is 9.61. The molecule has 0 radical (unpaired) electrons. The number of nitrogens with zero attached hydrogens (tertiary/aromatic N) is 4. The first-order valence-electron chi connectivity index (χ1n) is 6.65. The van der Waals surface area contributed by atoms with E-state index in [2.05, 4.69) is 40.9 Å². The Morgan fingerprint density at radius 1 is 1.10 bits per heavy atom. The first kappa shape index (κ1) is 12.6. The van der Waals surface area contributed by atoms with Gasteiger partial charge in [-0.2, -0.15) is 0 Å². The summed E-state index contributed by atoms with van der Waals surface area (Å²) in [6.45, 7) is 6.24. The molecule has 0 saturated heterocycles. The van der Waals surface area contributed by atoms with Gasteiger partial charge in [0.15, 0.2) is 0 Å². The van der Waals surface area contributed by atoms with Crippen LogP contribution in [-0.2, 0) is 6.42 Å². The molecule has 3 rings (SSSR count). The molecule has 0 unspecified atom stereocenters. The van der Waals surface area contributed by atoms with Crippen LogP contribution in [0.1, 0.15) is 23.6 Å². The number of hydrogen-bond donors (Lipinski definition) is 1. The SMILES string of the molecule is CCc1c(N)ncnc1-n1cnc2cc(C)c(C)cc21. The lowest BCUT2D eigenvalue weighted by molar-refractivity contribution is 0.944. The minimum absolute atomic E-state index is 0.531. The molecule has 102 valence electrons. The maximum absolute atomic E-state index is 5.95. The number of rotatable bonds is 2. The largest absolute Gasteiger partial charge is 0.383 e. The zero-order chi connectivity index (χ0) is 14.3. The van der Waals surface area contributed by atoms with Gasteiger partial charge in [-0.3, -0.25) is 4.57 Å². The van der Waals surface area contributed by atoms with E-state index in [-0.39, 0.29) is 0 Å². The third-order valence-corrected chi connectivity index (χ3v) is 3.70. The maximum Gasteiger partial charge on any atom is 0.147 e. The summed E-state index contributed by atoms with van der Waals surface area (Å²) < 4.78 is 1.98. The summed E-state index contributed by atoms with van der Waals surface area (Å²) in [6, 6.07) is 4.23. The molecule has 0 saturated carbocycles. The highest BCUT2D eigenvalue weighted by Crippen LogP contribution is 2.24. The molecule has 0 aliphatic heterocycles. The van der Waals surface area contributed by atoms with E-state index in [1.165, 1.54) is 17.5 Å². The van der Waals surface area contributed by atoms with Crippen LogP contribution in [0.2, 0.25) is 0 Å². The van der Waals surface area contributed by atoms with E-state index in [0.29, 0.717) is 5.82 Å². The molecule has 0 fully saturated rings. The van der Waals surface area contributed by atoms with Gasteiger partial charge >= 0.3 is 0 Å². The van der Waals surface area contributed by atoms with Crippen molar-refractivity contribution in [3.8, 4) is 5.82 Å². The fourth-order valence-corrected chi connectivity index (χ4v) is 2.40.